The molecular weight excluding hydrogens is 410 g/mol. The summed E-state index contributed by atoms with van der Waals surface area (Å²) in [4.78, 5) is 12.6. The molecule has 2 aromatic heterocycles. The molecule has 0 saturated carbocycles. The lowest BCUT2D eigenvalue weighted by atomic mass is 10.1. The molecule has 0 unspecified atom stereocenters. The van der Waals surface area contributed by atoms with Crippen LogP contribution in [0.3, 0.4) is 0 Å². The lowest BCUT2D eigenvalue weighted by Crippen LogP contribution is -2.27. The van der Waals surface area contributed by atoms with Gasteiger partial charge in [0.15, 0.2) is 0 Å². The van der Waals surface area contributed by atoms with E-state index < -0.39 is 0 Å². The Balaban J connectivity index is 1.20. The number of fused-ring (bicyclic) bond motifs is 1. The van der Waals surface area contributed by atoms with Gasteiger partial charge in [-0.1, -0.05) is 65.9 Å². The van der Waals surface area contributed by atoms with Gasteiger partial charge >= 0.3 is 0 Å². The van der Waals surface area contributed by atoms with Crippen molar-refractivity contribution in [2.24, 2.45) is 0 Å². The molecule has 164 valence electrons. The second kappa shape index (κ2) is 9.12. The summed E-state index contributed by atoms with van der Waals surface area (Å²) in [6.07, 6.45) is 1.92. The number of carbonyl (C=O) groups is 1. The first-order valence-corrected chi connectivity index (χ1v) is 11.0. The maximum atomic E-state index is 12.6. The largest absolute Gasteiger partial charge is 0.350 e. The van der Waals surface area contributed by atoms with Crippen molar-refractivity contribution in [1.29, 1.82) is 0 Å². The van der Waals surface area contributed by atoms with Crippen LogP contribution in [-0.4, -0.2) is 32.0 Å². The van der Waals surface area contributed by atoms with E-state index in [1.807, 2.05) is 65.5 Å². The highest BCUT2D eigenvalue weighted by atomic mass is 16.1. The Kier molecular flexibility index (Phi) is 5.72. The normalized spacial score (nSPS) is 11.1. The monoisotopic (exact) mass is 435 g/mol. The standard InChI is InChI=1S/C27H25N5O/c1-20-17-24-9-5-6-10-26(24)32(20)16-15-28-27(33)23-13-11-22(12-14-23)25-19-31(30-29-25)18-21-7-3-2-4-8-21/h2-14,17,19H,15-16,18H2,1H3,(H,28,33). The van der Waals surface area contributed by atoms with Crippen LogP contribution in [0.2, 0.25) is 0 Å². The summed E-state index contributed by atoms with van der Waals surface area (Å²) >= 11 is 0. The summed E-state index contributed by atoms with van der Waals surface area (Å²) in [6.45, 7) is 4.06. The number of para-hydroxylation sites is 1. The summed E-state index contributed by atoms with van der Waals surface area (Å²) < 4.78 is 4.05. The molecule has 0 spiro atoms. The van der Waals surface area contributed by atoms with Gasteiger partial charge in [-0.3, -0.25) is 4.79 Å². The van der Waals surface area contributed by atoms with Gasteiger partial charge in [-0.2, -0.15) is 0 Å². The van der Waals surface area contributed by atoms with Gasteiger partial charge < -0.3 is 9.88 Å². The second-order valence-electron chi connectivity index (χ2n) is 8.12. The van der Waals surface area contributed by atoms with E-state index >= 15 is 0 Å². The fourth-order valence-electron chi connectivity index (χ4n) is 4.10. The molecule has 0 bridgehead atoms. The molecule has 0 aliphatic carbocycles. The summed E-state index contributed by atoms with van der Waals surface area (Å²) in [5.41, 5.74) is 5.89. The number of carbonyl (C=O) groups excluding carboxylic acids is 1. The maximum absolute atomic E-state index is 12.6. The summed E-state index contributed by atoms with van der Waals surface area (Å²) in [6, 6.07) is 28.1. The van der Waals surface area contributed by atoms with Crippen LogP contribution in [0.15, 0.2) is 91.1 Å². The van der Waals surface area contributed by atoms with Gasteiger partial charge in [-0.25, -0.2) is 4.68 Å². The Hall–Kier alpha value is -4.19. The van der Waals surface area contributed by atoms with Crippen LogP contribution >= 0.6 is 0 Å². The van der Waals surface area contributed by atoms with Gasteiger partial charge in [-0.15, -0.1) is 5.10 Å². The van der Waals surface area contributed by atoms with Crippen LogP contribution in [0, 0.1) is 6.92 Å². The third-order valence-electron chi connectivity index (χ3n) is 5.81. The Morgan fingerprint density at radius 2 is 1.70 bits per heavy atom. The number of aromatic nitrogens is 4. The van der Waals surface area contributed by atoms with E-state index in [-0.39, 0.29) is 5.91 Å². The lowest BCUT2D eigenvalue weighted by molar-refractivity contribution is 0.0952. The first-order valence-electron chi connectivity index (χ1n) is 11.0. The van der Waals surface area contributed by atoms with Crippen molar-refractivity contribution in [3.63, 3.8) is 0 Å². The highest BCUT2D eigenvalue weighted by Crippen LogP contribution is 2.19. The Morgan fingerprint density at radius 1 is 0.939 bits per heavy atom. The highest BCUT2D eigenvalue weighted by molar-refractivity contribution is 5.94. The van der Waals surface area contributed by atoms with Gasteiger partial charge in [-0.05, 0) is 42.1 Å². The number of nitrogens with one attached hydrogen (secondary N) is 1. The van der Waals surface area contributed by atoms with Crippen LogP contribution in [0.5, 0.6) is 0 Å². The molecule has 5 rings (SSSR count). The highest BCUT2D eigenvalue weighted by Gasteiger charge is 2.09. The van der Waals surface area contributed by atoms with Gasteiger partial charge in [0.1, 0.15) is 5.69 Å². The topological polar surface area (TPSA) is 64.7 Å². The SMILES string of the molecule is Cc1cc2ccccc2n1CCNC(=O)c1ccc(-c2cn(Cc3ccccc3)nn2)cc1. The third kappa shape index (κ3) is 4.55. The van der Waals surface area contributed by atoms with Crippen molar-refractivity contribution in [1.82, 2.24) is 24.9 Å². The van der Waals surface area contributed by atoms with E-state index in [1.54, 1.807) is 0 Å². The molecule has 0 saturated heterocycles. The lowest BCUT2D eigenvalue weighted by Gasteiger charge is -2.10. The van der Waals surface area contributed by atoms with E-state index in [9.17, 15) is 4.79 Å². The minimum atomic E-state index is -0.0802. The third-order valence-corrected chi connectivity index (χ3v) is 5.81. The fourth-order valence-corrected chi connectivity index (χ4v) is 4.10. The quantitative estimate of drug-likeness (QED) is 0.403. The molecule has 5 aromatic rings. The van der Waals surface area contributed by atoms with Crippen molar-refractivity contribution >= 4 is 16.8 Å². The average molecular weight is 436 g/mol. The number of hydrogen-bond donors (Lipinski definition) is 1. The summed E-state index contributed by atoms with van der Waals surface area (Å²) in [7, 11) is 0. The van der Waals surface area contributed by atoms with Crippen LogP contribution < -0.4 is 5.32 Å². The molecule has 6 heteroatoms. The predicted octanol–water partition coefficient (Wildman–Crippen LogP) is 4.69. The van der Waals surface area contributed by atoms with Crippen LogP contribution in [0.25, 0.3) is 22.2 Å². The molecule has 0 aliphatic rings. The molecule has 0 radical (unpaired) electrons. The molecule has 33 heavy (non-hydrogen) atoms. The molecule has 6 nitrogen and oxygen atoms in total. The first-order chi connectivity index (χ1) is 16.2. The number of nitrogens with zero attached hydrogens (tertiary/aromatic N) is 4. The first kappa shape index (κ1) is 20.7. The van der Waals surface area contributed by atoms with Crippen molar-refractivity contribution in [3.8, 4) is 11.3 Å². The van der Waals surface area contributed by atoms with Crippen LogP contribution in [-0.2, 0) is 13.1 Å². The van der Waals surface area contributed by atoms with Crippen molar-refractivity contribution in [2.45, 2.75) is 20.0 Å². The Bertz CT molecular complexity index is 1380. The van der Waals surface area contributed by atoms with Crippen molar-refractivity contribution in [3.05, 3.63) is 108 Å². The zero-order chi connectivity index (χ0) is 22.6. The summed E-state index contributed by atoms with van der Waals surface area (Å²) in [5.74, 6) is -0.0802. The predicted molar refractivity (Wildman–Crippen MR) is 130 cm³/mol. The maximum Gasteiger partial charge on any atom is 0.251 e. The summed E-state index contributed by atoms with van der Waals surface area (Å²) in [5, 5.41) is 12.7. The van der Waals surface area contributed by atoms with E-state index in [2.05, 4.69) is 57.5 Å². The second-order valence-corrected chi connectivity index (χ2v) is 8.12. The number of aryl methyl sites for hydroxylation is 1. The van der Waals surface area contributed by atoms with Crippen LogP contribution in [0.1, 0.15) is 21.6 Å². The molecule has 1 N–H and O–H groups in total. The van der Waals surface area contributed by atoms with Crippen LogP contribution in [0.4, 0.5) is 0 Å². The molecule has 0 aliphatic heterocycles. The minimum absolute atomic E-state index is 0.0802. The van der Waals surface area contributed by atoms with E-state index in [1.165, 1.54) is 22.2 Å². The Morgan fingerprint density at radius 3 is 2.52 bits per heavy atom. The molecule has 3 aromatic carbocycles. The van der Waals surface area contributed by atoms with E-state index in [0.29, 0.717) is 18.7 Å². The van der Waals surface area contributed by atoms with Gasteiger partial charge in [0.25, 0.3) is 5.91 Å². The van der Waals surface area contributed by atoms with E-state index in [0.717, 1.165) is 17.8 Å². The smallest absolute Gasteiger partial charge is 0.251 e. The average Bonchev–Trinajstić information content (AvgIpc) is 3.44. The number of hydrogen-bond acceptors (Lipinski definition) is 3. The number of rotatable bonds is 7. The van der Waals surface area contributed by atoms with Gasteiger partial charge in [0, 0.05) is 35.4 Å². The molecular formula is C27H25N5O. The zero-order valence-electron chi connectivity index (χ0n) is 18.5. The molecule has 1 amide bonds. The Labute approximate surface area is 192 Å². The molecule has 0 fully saturated rings. The van der Waals surface area contributed by atoms with Crippen molar-refractivity contribution in [2.75, 3.05) is 6.54 Å². The van der Waals surface area contributed by atoms with Gasteiger partial charge in [0.05, 0.1) is 12.7 Å². The molecule has 2 heterocycles. The zero-order valence-corrected chi connectivity index (χ0v) is 18.5. The minimum Gasteiger partial charge on any atom is -0.350 e. The molecule has 0 atom stereocenters. The number of amides is 1. The van der Waals surface area contributed by atoms with Crippen molar-refractivity contribution < 1.29 is 4.79 Å². The van der Waals surface area contributed by atoms with Gasteiger partial charge in [0.2, 0.25) is 0 Å². The number of benzene rings is 3. The van der Waals surface area contributed by atoms with E-state index in [4.69, 9.17) is 0 Å². The fraction of sp³-hybridized carbons (Fsp3) is 0.148.